The summed E-state index contributed by atoms with van der Waals surface area (Å²) >= 11 is 6.25. The molecule has 3 rings (SSSR count). The Morgan fingerprint density at radius 1 is 1.16 bits per heavy atom. The van der Waals surface area contributed by atoms with Crippen molar-refractivity contribution in [2.75, 3.05) is 26.2 Å². The van der Waals surface area contributed by atoms with Crippen molar-refractivity contribution in [2.24, 2.45) is 0 Å². The Hall–Kier alpha value is -1.77. The summed E-state index contributed by atoms with van der Waals surface area (Å²) in [4.78, 5) is 16.4. The Kier molecular flexibility index (Phi) is 6.17. The number of nitrogens with one attached hydrogen (secondary N) is 1. The molecule has 1 aliphatic carbocycles. The van der Waals surface area contributed by atoms with Crippen molar-refractivity contribution in [1.29, 1.82) is 5.26 Å². The predicted octanol–water partition coefficient (Wildman–Crippen LogP) is 3.56. The summed E-state index contributed by atoms with van der Waals surface area (Å²) in [5.41, 5.74) is 0.840. The number of carbonyl (C=O) groups excluding carboxylic acids is 1. The quantitative estimate of drug-likeness (QED) is 0.896. The molecule has 0 radical (unpaired) electrons. The second-order valence-electron chi connectivity index (χ2n) is 6.86. The molecule has 2 fully saturated rings. The molecule has 0 aromatic heterocycles. The van der Waals surface area contributed by atoms with E-state index in [1.54, 1.807) is 0 Å². The molecule has 1 aliphatic heterocycles. The largest absolute Gasteiger partial charge is 0.335 e. The topological polar surface area (TPSA) is 59.4 Å². The Labute approximate surface area is 154 Å². The lowest BCUT2D eigenvalue weighted by Crippen LogP contribution is -2.54. The van der Waals surface area contributed by atoms with Crippen LogP contribution in [-0.4, -0.2) is 48.1 Å². The van der Waals surface area contributed by atoms with E-state index >= 15 is 0 Å². The number of nitriles is 1. The first kappa shape index (κ1) is 18.0. The molecule has 1 atom stereocenters. The summed E-state index contributed by atoms with van der Waals surface area (Å²) in [6.07, 6.45) is 5.88. The van der Waals surface area contributed by atoms with Gasteiger partial charge in [0.05, 0.1) is 6.07 Å². The first-order valence-corrected chi connectivity index (χ1v) is 9.50. The van der Waals surface area contributed by atoms with Gasteiger partial charge in [0.2, 0.25) is 0 Å². The molecule has 0 spiro atoms. The van der Waals surface area contributed by atoms with E-state index in [1.807, 2.05) is 29.2 Å². The zero-order valence-electron chi connectivity index (χ0n) is 14.5. The van der Waals surface area contributed by atoms with E-state index < -0.39 is 0 Å². The van der Waals surface area contributed by atoms with Gasteiger partial charge in [-0.05, 0) is 18.9 Å². The SMILES string of the molecule is N#CC(c1ccccc1Cl)N1CCN(C(=O)NC2CCCCC2)CC1. The van der Waals surface area contributed by atoms with E-state index in [-0.39, 0.29) is 12.1 Å². The lowest BCUT2D eigenvalue weighted by atomic mass is 9.96. The highest BCUT2D eigenvalue weighted by atomic mass is 35.5. The second-order valence-corrected chi connectivity index (χ2v) is 7.27. The minimum absolute atomic E-state index is 0.0396. The van der Waals surface area contributed by atoms with Crippen LogP contribution in [0, 0.1) is 11.3 Å². The molecule has 1 saturated carbocycles. The predicted molar refractivity (Wildman–Crippen MR) is 98.4 cm³/mol. The van der Waals surface area contributed by atoms with E-state index in [2.05, 4.69) is 16.3 Å². The number of hydrogen-bond acceptors (Lipinski definition) is 3. The van der Waals surface area contributed by atoms with Crippen molar-refractivity contribution in [3.63, 3.8) is 0 Å². The lowest BCUT2D eigenvalue weighted by Gasteiger charge is -2.38. The molecule has 134 valence electrons. The van der Waals surface area contributed by atoms with E-state index in [0.717, 1.165) is 18.4 Å². The van der Waals surface area contributed by atoms with Crippen LogP contribution in [0.1, 0.15) is 43.7 Å². The molecule has 2 amide bonds. The molecular weight excluding hydrogens is 336 g/mol. The highest BCUT2D eigenvalue weighted by Gasteiger charge is 2.29. The number of carbonyl (C=O) groups is 1. The van der Waals surface area contributed by atoms with Gasteiger partial charge < -0.3 is 10.2 Å². The molecule has 1 aromatic carbocycles. The minimum atomic E-state index is -0.364. The normalized spacial score (nSPS) is 20.7. The number of nitrogens with zero attached hydrogens (tertiary/aromatic N) is 3. The molecule has 1 heterocycles. The zero-order valence-corrected chi connectivity index (χ0v) is 15.2. The molecule has 1 aromatic rings. The van der Waals surface area contributed by atoms with Crippen molar-refractivity contribution < 1.29 is 4.79 Å². The van der Waals surface area contributed by atoms with Crippen LogP contribution >= 0.6 is 11.6 Å². The summed E-state index contributed by atoms with van der Waals surface area (Å²) in [6.45, 7) is 2.64. The third-order valence-corrected chi connectivity index (χ3v) is 5.57. The molecule has 25 heavy (non-hydrogen) atoms. The summed E-state index contributed by atoms with van der Waals surface area (Å²) in [6, 6.07) is 9.85. The molecular formula is C19H25ClN4O. The van der Waals surface area contributed by atoms with Gasteiger partial charge in [0.25, 0.3) is 0 Å². The maximum atomic E-state index is 12.4. The Morgan fingerprint density at radius 2 is 1.84 bits per heavy atom. The van der Waals surface area contributed by atoms with Crippen LogP contribution in [0.3, 0.4) is 0 Å². The number of urea groups is 1. The molecule has 1 N–H and O–H groups in total. The standard InChI is InChI=1S/C19H25ClN4O/c20-17-9-5-4-8-16(17)18(14-21)23-10-12-24(13-11-23)19(25)22-15-6-2-1-3-7-15/h4-5,8-9,15,18H,1-3,6-7,10-13H2,(H,22,25). The third kappa shape index (κ3) is 4.45. The molecule has 1 saturated heterocycles. The number of rotatable bonds is 3. The van der Waals surface area contributed by atoms with Crippen molar-refractivity contribution >= 4 is 17.6 Å². The Morgan fingerprint density at radius 3 is 2.48 bits per heavy atom. The van der Waals surface area contributed by atoms with Gasteiger partial charge in [0.1, 0.15) is 6.04 Å². The summed E-state index contributed by atoms with van der Waals surface area (Å²) < 4.78 is 0. The Balaban J connectivity index is 1.55. The van der Waals surface area contributed by atoms with Crippen LogP contribution in [0.5, 0.6) is 0 Å². The van der Waals surface area contributed by atoms with Gasteiger partial charge >= 0.3 is 6.03 Å². The van der Waals surface area contributed by atoms with Crippen LogP contribution in [0.2, 0.25) is 5.02 Å². The maximum absolute atomic E-state index is 12.4. The van der Waals surface area contributed by atoms with Crippen LogP contribution < -0.4 is 5.32 Å². The first-order chi connectivity index (χ1) is 12.2. The minimum Gasteiger partial charge on any atom is -0.335 e. The average molecular weight is 361 g/mol. The third-order valence-electron chi connectivity index (χ3n) is 5.22. The smallest absolute Gasteiger partial charge is 0.317 e. The fourth-order valence-corrected chi connectivity index (χ4v) is 3.98. The van der Waals surface area contributed by atoms with Gasteiger partial charge in [-0.2, -0.15) is 5.26 Å². The summed E-state index contributed by atoms with van der Waals surface area (Å²) in [7, 11) is 0. The van der Waals surface area contributed by atoms with Crippen molar-refractivity contribution in [3.05, 3.63) is 34.9 Å². The summed E-state index contributed by atoms with van der Waals surface area (Å²) in [5, 5.41) is 13.4. The van der Waals surface area contributed by atoms with E-state index in [9.17, 15) is 10.1 Å². The van der Waals surface area contributed by atoms with E-state index in [0.29, 0.717) is 37.2 Å². The zero-order chi connectivity index (χ0) is 17.6. The lowest BCUT2D eigenvalue weighted by molar-refractivity contribution is 0.121. The average Bonchev–Trinajstić information content (AvgIpc) is 2.65. The summed E-state index contributed by atoms with van der Waals surface area (Å²) in [5.74, 6) is 0. The van der Waals surface area contributed by atoms with Gasteiger partial charge in [0.15, 0.2) is 0 Å². The van der Waals surface area contributed by atoms with Gasteiger partial charge in [-0.1, -0.05) is 49.1 Å². The van der Waals surface area contributed by atoms with Crippen molar-refractivity contribution in [3.8, 4) is 6.07 Å². The highest BCUT2D eigenvalue weighted by Crippen LogP contribution is 2.28. The number of amides is 2. The fourth-order valence-electron chi connectivity index (χ4n) is 3.74. The van der Waals surface area contributed by atoms with Gasteiger partial charge in [-0.15, -0.1) is 0 Å². The van der Waals surface area contributed by atoms with Crippen molar-refractivity contribution in [2.45, 2.75) is 44.2 Å². The van der Waals surface area contributed by atoms with E-state index in [1.165, 1.54) is 19.3 Å². The molecule has 1 unspecified atom stereocenters. The fraction of sp³-hybridized carbons (Fsp3) is 0.579. The molecule has 2 aliphatic rings. The highest BCUT2D eigenvalue weighted by molar-refractivity contribution is 6.31. The van der Waals surface area contributed by atoms with Gasteiger partial charge in [-0.3, -0.25) is 4.90 Å². The van der Waals surface area contributed by atoms with Gasteiger partial charge in [-0.25, -0.2) is 4.79 Å². The molecule has 6 heteroatoms. The number of piperazine rings is 1. The van der Waals surface area contributed by atoms with Crippen LogP contribution in [0.25, 0.3) is 0 Å². The van der Waals surface area contributed by atoms with Crippen LogP contribution in [0.15, 0.2) is 24.3 Å². The Bertz CT molecular complexity index is 631. The van der Waals surface area contributed by atoms with Crippen LogP contribution in [-0.2, 0) is 0 Å². The number of hydrogen-bond donors (Lipinski definition) is 1. The van der Waals surface area contributed by atoms with Crippen molar-refractivity contribution in [1.82, 2.24) is 15.1 Å². The van der Waals surface area contributed by atoms with E-state index in [4.69, 9.17) is 11.6 Å². The number of halogens is 1. The maximum Gasteiger partial charge on any atom is 0.317 e. The molecule has 0 bridgehead atoms. The first-order valence-electron chi connectivity index (χ1n) is 9.12. The second kappa shape index (κ2) is 8.55. The monoisotopic (exact) mass is 360 g/mol. The number of benzene rings is 1. The van der Waals surface area contributed by atoms with Gasteiger partial charge in [0, 0.05) is 42.8 Å². The molecule has 5 nitrogen and oxygen atoms in total. The van der Waals surface area contributed by atoms with Crippen LogP contribution in [0.4, 0.5) is 4.79 Å².